The number of halogens is 1. The SMILES string of the molecule is Cc1c(C(=O)N(Cc2ccccc2)C2CC2)cnn1-c1ccc(Br)cc1. The number of amides is 1. The lowest BCUT2D eigenvalue weighted by Crippen LogP contribution is -2.32. The normalized spacial score (nSPS) is 13.6. The van der Waals surface area contributed by atoms with Crippen molar-refractivity contribution in [2.24, 2.45) is 0 Å². The zero-order chi connectivity index (χ0) is 18.1. The van der Waals surface area contributed by atoms with E-state index in [1.165, 1.54) is 0 Å². The minimum absolute atomic E-state index is 0.0669. The molecule has 26 heavy (non-hydrogen) atoms. The molecule has 1 saturated carbocycles. The van der Waals surface area contributed by atoms with Gasteiger partial charge in [0.25, 0.3) is 5.91 Å². The van der Waals surface area contributed by atoms with Crippen molar-refractivity contribution in [2.45, 2.75) is 32.4 Å². The van der Waals surface area contributed by atoms with E-state index in [0.29, 0.717) is 18.2 Å². The van der Waals surface area contributed by atoms with Gasteiger partial charge in [-0.05, 0) is 49.6 Å². The maximum atomic E-state index is 13.2. The van der Waals surface area contributed by atoms with E-state index >= 15 is 0 Å². The average Bonchev–Trinajstić information content (AvgIpc) is 3.43. The molecule has 1 aliphatic carbocycles. The van der Waals surface area contributed by atoms with Crippen molar-refractivity contribution in [3.8, 4) is 5.69 Å². The fraction of sp³-hybridized carbons (Fsp3) is 0.238. The first-order valence-electron chi connectivity index (χ1n) is 8.79. The maximum absolute atomic E-state index is 13.2. The predicted molar refractivity (Wildman–Crippen MR) is 105 cm³/mol. The van der Waals surface area contributed by atoms with E-state index in [-0.39, 0.29) is 5.91 Å². The highest BCUT2D eigenvalue weighted by Gasteiger charge is 2.34. The van der Waals surface area contributed by atoms with Crippen LogP contribution in [-0.2, 0) is 6.54 Å². The van der Waals surface area contributed by atoms with E-state index in [1.807, 2.05) is 59.0 Å². The molecule has 1 fully saturated rings. The predicted octanol–water partition coefficient (Wildman–Crippen LogP) is 4.75. The van der Waals surface area contributed by atoms with Gasteiger partial charge in [-0.3, -0.25) is 4.79 Å². The lowest BCUT2D eigenvalue weighted by molar-refractivity contribution is 0.0729. The van der Waals surface area contributed by atoms with Crippen LogP contribution in [-0.4, -0.2) is 26.6 Å². The summed E-state index contributed by atoms with van der Waals surface area (Å²) in [6, 6.07) is 18.4. The molecule has 5 heteroatoms. The van der Waals surface area contributed by atoms with Gasteiger partial charge < -0.3 is 4.90 Å². The van der Waals surface area contributed by atoms with Crippen molar-refractivity contribution in [3.05, 3.63) is 82.1 Å². The van der Waals surface area contributed by atoms with Gasteiger partial charge in [-0.15, -0.1) is 0 Å². The van der Waals surface area contributed by atoms with Crippen LogP contribution in [0.2, 0.25) is 0 Å². The molecule has 4 rings (SSSR count). The Bertz CT molecular complexity index is 914. The molecular weight excluding hydrogens is 390 g/mol. The van der Waals surface area contributed by atoms with E-state index in [9.17, 15) is 4.79 Å². The molecule has 132 valence electrons. The van der Waals surface area contributed by atoms with Gasteiger partial charge >= 0.3 is 0 Å². The van der Waals surface area contributed by atoms with E-state index in [4.69, 9.17) is 0 Å². The van der Waals surface area contributed by atoms with Gasteiger partial charge in [0.15, 0.2) is 0 Å². The molecule has 1 amide bonds. The first-order valence-corrected chi connectivity index (χ1v) is 9.58. The Hall–Kier alpha value is -2.40. The Morgan fingerprint density at radius 3 is 2.50 bits per heavy atom. The fourth-order valence-corrected chi connectivity index (χ4v) is 3.41. The number of carbonyl (C=O) groups is 1. The topological polar surface area (TPSA) is 38.1 Å². The van der Waals surface area contributed by atoms with Gasteiger partial charge in [0.2, 0.25) is 0 Å². The first-order chi connectivity index (χ1) is 12.6. The highest BCUT2D eigenvalue weighted by Crippen LogP contribution is 2.30. The standard InChI is InChI=1S/C21H20BrN3O/c1-15-20(13-23-25(15)19-9-7-17(22)8-10-19)21(26)24(18-11-12-18)14-16-5-3-2-4-6-16/h2-10,13,18H,11-12,14H2,1H3. The Morgan fingerprint density at radius 2 is 1.85 bits per heavy atom. The smallest absolute Gasteiger partial charge is 0.257 e. The molecule has 0 aliphatic heterocycles. The largest absolute Gasteiger partial charge is 0.331 e. The van der Waals surface area contributed by atoms with E-state index in [0.717, 1.165) is 34.3 Å². The van der Waals surface area contributed by atoms with Gasteiger partial charge in [0.1, 0.15) is 0 Å². The van der Waals surface area contributed by atoms with Gasteiger partial charge in [-0.1, -0.05) is 46.3 Å². The minimum Gasteiger partial charge on any atom is -0.331 e. The number of rotatable bonds is 5. The van der Waals surface area contributed by atoms with E-state index < -0.39 is 0 Å². The van der Waals surface area contributed by atoms with Crippen LogP contribution in [0, 0.1) is 6.92 Å². The molecule has 4 nitrogen and oxygen atoms in total. The number of aromatic nitrogens is 2. The van der Waals surface area contributed by atoms with Crippen LogP contribution in [0.15, 0.2) is 65.3 Å². The highest BCUT2D eigenvalue weighted by atomic mass is 79.9. The zero-order valence-electron chi connectivity index (χ0n) is 14.6. The Balaban J connectivity index is 1.61. The molecule has 0 unspecified atom stereocenters. The quantitative estimate of drug-likeness (QED) is 0.609. The Kier molecular flexibility index (Phi) is 4.64. The van der Waals surface area contributed by atoms with Crippen LogP contribution in [0.25, 0.3) is 5.69 Å². The van der Waals surface area contributed by atoms with Crippen LogP contribution in [0.4, 0.5) is 0 Å². The first kappa shape index (κ1) is 17.0. The summed E-state index contributed by atoms with van der Waals surface area (Å²) in [4.78, 5) is 15.2. The van der Waals surface area contributed by atoms with Gasteiger partial charge in [0, 0.05) is 17.1 Å². The third-order valence-corrected chi connectivity index (χ3v) is 5.28. The summed E-state index contributed by atoms with van der Waals surface area (Å²) in [5, 5.41) is 4.46. The summed E-state index contributed by atoms with van der Waals surface area (Å²) >= 11 is 3.45. The van der Waals surface area contributed by atoms with E-state index in [2.05, 4.69) is 33.2 Å². The van der Waals surface area contributed by atoms with Crippen LogP contribution >= 0.6 is 15.9 Å². The molecule has 1 aromatic heterocycles. The molecular formula is C21H20BrN3O. The van der Waals surface area contributed by atoms with Crippen LogP contribution < -0.4 is 0 Å². The molecule has 0 N–H and O–H groups in total. The Morgan fingerprint density at radius 1 is 1.15 bits per heavy atom. The zero-order valence-corrected chi connectivity index (χ0v) is 16.2. The molecule has 0 radical (unpaired) electrons. The minimum atomic E-state index is 0.0669. The number of hydrogen-bond donors (Lipinski definition) is 0. The van der Waals surface area contributed by atoms with Crippen LogP contribution in [0.5, 0.6) is 0 Å². The van der Waals surface area contributed by atoms with Gasteiger partial charge in [-0.2, -0.15) is 5.10 Å². The Labute approximate surface area is 161 Å². The highest BCUT2D eigenvalue weighted by molar-refractivity contribution is 9.10. The van der Waals surface area contributed by atoms with Crippen molar-refractivity contribution < 1.29 is 4.79 Å². The van der Waals surface area contributed by atoms with Crippen molar-refractivity contribution in [2.75, 3.05) is 0 Å². The van der Waals surface area contributed by atoms with Crippen molar-refractivity contribution >= 4 is 21.8 Å². The lowest BCUT2D eigenvalue weighted by Gasteiger charge is -2.22. The maximum Gasteiger partial charge on any atom is 0.257 e. The third-order valence-electron chi connectivity index (χ3n) is 4.76. The third kappa shape index (κ3) is 3.44. The molecule has 3 aromatic rings. The summed E-state index contributed by atoms with van der Waals surface area (Å²) in [7, 11) is 0. The van der Waals surface area contributed by atoms with Crippen molar-refractivity contribution in [1.82, 2.24) is 14.7 Å². The number of nitrogens with zero attached hydrogens (tertiary/aromatic N) is 3. The monoisotopic (exact) mass is 409 g/mol. The number of hydrogen-bond acceptors (Lipinski definition) is 2. The second-order valence-electron chi connectivity index (χ2n) is 6.68. The van der Waals surface area contributed by atoms with Gasteiger partial charge in [0.05, 0.1) is 23.1 Å². The fourth-order valence-electron chi connectivity index (χ4n) is 3.15. The summed E-state index contributed by atoms with van der Waals surface area (Å²) < 4.78 is 2.85. The van der Waals surface area contributed by atoms with Gasteiger partial charge in [-0.25, -0.2) is 4.68 Å². The van der Waals surface area contributed by atoms with Crippen LogP contribution in [0.3, 0.4) is 0 Å². The van der Waals surface area contributed by atoms with Crippen LogP contribution in [0.1, 0.15) is 34.5 Å². The van der Waals surface area contributed by atoms with Crippen molar-refractivity contribution in [1.29, 1.82) is 0 Å². The summed E-state index contributed by atoms with van der Waals surface area (Å²) in [5.74, 6) is 0.0669. The molecule has 0 atom stereocenters. The summed E-state index contributed by atoms with van der Waals surface area (Å²) in [6.07, 6.45) is 3.86. The molecule has 1 aliphatic rings. The summed E-state index contributed by atoms with van der Waals surface area (Å²) in [6.45, 7) is 2.60. The second-order valence-corrected chi connectivity index (χ2v) is 7.60. The lowest BCUT2D eigenvalue weighted by atomic mass is 10.1. The number of carbonyl (C=O) groups excluding carboxylic acids is 1. The molecule has 2 aromatic carbocycles. The second kappa shape index (κ2) is 7.08. The number of benzene rings is 2. The molecule has 1 heterocycles. The molecule has 0 saturated heterocycles. The molecule has 0 spiro atoms. The van der Waals surface area contributed by atoms with Crippen molar-refractivity contribution in [3.63, 3.8) is 0 Å². The van der Waals surface area contributed by atoms with E-state index in [1.54, 1.807) is 6.20 Å². The summed E-state index contributed by atoms with van der Waals surface area (Å²) in [5.41, 5.74) is 3.66. The molecule has 0 bridgehead atoms. The average molecular weight is 410 g/mol.